The number of benzene rings is 3. The first-order valence-corrected chi connectivity index (χ1v) is 12.5. The SMILES string of the molecule is O=C(O)C[C@@H]1N=C(Nc2ccc(CCNc3nc4ccccc4s3)cc2)N(C(=O)c2ccccc2)C1=O. The Hall–Kier alpha value is -4.57. The lowest BCUT2D eigenvalue weighted by molar-refractivity contribution is -0.139. The number of carboxylic acids is 1. The van der Waals surface area contributed by atoms with E-state index in [9.17, 15) is 14.4 Å². The second-order valence-electron chi connectivity index (χ2n) is 8.40. The number of imide groups is 1. The van der Waals surface area contributed by atoms with E-state index in [2.05, 4.69) is 20.6 Å². The zero-order valence-electron chi connectivity index (χ0n) is 19.6. The number of hydrogen-bond donors (Lipinski definition) is 3. The lowest BCUT2D eigenvalue weighted by Crippen LogP contribution is -2.43. The van der Waals surface area contributed by atoms with Crippen molar-refractivity contribution < 1.29 is 19.5 Å². The summed E-state index contributed by atoms with van der Waals surface area (Å²) >= 11 is 1.62. The molecule has 186 valence electrons. The molecule has 9 nitrogen and oxygen atoms in total. The number of nitrogens with one attached hydrogen (secondary N) is 2. The zero-order valence-corrected chi connectivity index (χ0v) is 20.4. The fraction of sp³-hybridized carbons (Fsp3) is 0.148. The van der Waals surface area contributed by atoms with E-state index < -0.39 is 30.2 Å². The Morgan fingerprint density at radius 2 is 1.70 bits per heavy atom. The largest absolute Gasteiger partial charge is 0.481 e. The standard InChI is InChI=1S/C27H23N5O4S/c33-23(34)16-21-25(36)32(24(35)18-6-2-1-3-7-18)26(30-21)29-19-12-10-17(11-13-19)14-15-28-27-31-20-8-4-5-9-22(20)37-27/h1-13,21H,14-16H2,(H,28,31)(H,29,30)(H,33,34)/t21-/m0/s1. The Bertz CT molecular complexity index is 1450. The number of carbonyl (C=O) groups is 3. The number of carbonyl (C=O) groups excluding carboxylic acids is 2. The van der Waals surface area contributed by atoms with Gasteiger partial charge in [-0.3, -0.25) is 14.4 Å². The molecule has 1 aliphatic heterocycles. The van der Waals surface area contributed by atoms with Gasteiger partial charge in [-0.25, -0.2) is 14.9 Å². The molecule has 0 aliphatic carbocycles. The van der Waals surface area contributed by atoms with Gasteiger partial charge in [0.15, 0.2) is 5.13 Å². The number of para-hydroxylation sites is 1. The van der Waals surface area contributed by atoms with Gasteiger partial charge in [0, 0.05) is 17.8 Å². The van der Waals surface area contributed by atoms with Gasteiger partial charge in [0.25, 0.3) is 11.8 Å². The molecular formula is C27H23N5O4S. The number of anilines is 2. The molecule has 10 heteroatoms. The molecule has 3 aromatic carbocycles. The highest BCUT2D eigenvalue weighted by atomic mass is 32.1. The molecular weight excluding hydrogens is 490 g/mol. The first kappa shape index (κ1) is 24.1. The molecule has 0 saturated carbocycles. The highest BCUT2D eigenvalue weighted by molar-refractivity contribution is 7.22. The maximum absolute atomic E-state index is 13.1. The van der Waals surface area contributed by atoms with Crippen LogP contribution in [0.3, 0.4) is 0 Å². The van der Waals surface area contributed by atoms with Crippen molar-refractivity contribution >= 4 is 56.1 Å². The van der Waals surface area contributed by atoms with E-state index in [0.29, 0.717) is 17.8 Å². The van der Waals surface area contributed by atoms with Gasteiger partial charge >= 0.3 is 5.97 Å². The third kappa shape index (κ3) is 5.49. The summed E-state index contributed by atoms with van der Waals surface area (Å²) in [7, 11) is 0. The third-order valence-corrected chi connectivity index (χ3v) is 6.78. The molecule has 0 saturated heterocycles. The van der Waals surface area contributed by atoms with E-state index >= 15 is 0 Å². The van der Waals surface area contributed by atoms with Crippen LogP contribution in [0, 0.1) is 0 Å². The fourth-order valence-electron chi connectivity index (χ4n) is 3.95. The van der Waals surface area contributed by atoms with Crippen LogP contribution in [0.2, 0.25) is 0 Å². The number of amides is 2. The van der Waals surface area contributed by atoms with Crippen LogP contribution in [0.15, 0.2) is 83.9 Å². The average molecular weight is 514 g/mol. The summed E-state index contributed by atoms with van der Waals surface area (Å²) in [5.74, 6) is -2.40. The predicted octanol–water partition coefficient (Wildman–Crippen LogP) is 4.24. The Morgan fingerprint density at radius 1 is 0.973 bits per heavy atom. The topological polar surface area (TPSA) is 124 Å². The predicted molar refractivity (Wildman–Crippen MR) is 143 cm³/mol. The normalized spacial score (nSPS) is 15.0. The smallest absolute Gasteiger partial charge is 0.306 e. The van der Waals surface area contributed by atoms with Gasteiger partial charge in [0.05, 0.1) is 16.6 Å². The molecule has 37 heavy (non-hydrogen) atoms. The van der Waals surface area contributed by atoms with Gasteiger partial charge in [-0.15, -0.1) is 0 Å². The minimum absolute atomic E-state index is 0.00959. The van der Waals surface area contributed by atoms with Crippen LogP contribution in [0.4, 0.5) is 10.8 Å². The van der Waals surface area contributed by atoms with Crippen molar-refractivity contribution in [1.82, 2.24) is 9.88 Å². The van der Waals surface area contributed by atoms with Crippen molar-refractivity contribution in [3.63, 3.8) is 0 Å². The summed E-state index contributed by atoms with van der Waals surface area (Å²) in [4.78, 5) is 46.9. The van der Waals surface area contributed by atoms with Gasteiger partial charge in [-0.05, 0) is 48.4 Å². The summed E-state index contributed by atoms with van der Waals surface area (Å²) < 4.78 is 1.14. The van der Waals surface area contributed by atoms with E-state index in [1.807, 2.05) is 48.5 Å². The number of carboxylic acid groups (broad SMARTS) is 1. The van der Waals surface area contributed by atoms with Crippen LogP contribution in [0.25, 0.3) is 10.2 Å². The van der Waals surface area contributed by atoms with Gasteiger partial charge in [-0.1, -0.05) is 53.8 Å². The van der Waals surface area contributed by atoms with Crippen molar-refractivity contribution in [3.05, 3.63) is 90.0 Å². The maximum atomic E-state index is 13.1. The van der Waals surface area contributed by atoms with E-state index in [4.69, 9.17) is 5.11 Å². The maximum Gasteiger partial charge on any atom is 0.306 e. The Labute approximate surface area is 216 Å². The molecule has 4 aromatic rings. The fourth-order valence-corrected chi connectivity index (χ4v) is 4.84. The lowest BCUT2D eigenvalue weighted by atomic mass is 10.1. The number of thiazole rings is 1. The number of fused-ring (bicyclic) bond motifs is 1. The lowest BCUT2D eigenvalue weighted by Gasteiger charge is -2.18. The molecule has 1 atom stereocenters. The number of aliphatic carboxylic acids is 1. The van der Waals surface area contributed by atoms with Crippen LogP contribution in [-0.4, -0.2) is 51.3 Å². The van der Waals surface area contributed by atoms with E-state index in [1.165, 1.54) is 0 Å². The number of guanidine groups is 1. The Kier molecular flexibility index (Phi) is 6.91. The number of aromatic nitrogens is 1. The average Bonchev–Trinajstić information content (AvgIpc) is 3.45. The van der Waals surface area contributed by atoms with Crippen LogP contribution in [-0.2, 0) is 16.0 Å². The highest BCUT2D eigenvalue weighted by Crippen LogP contribution is 2.25. The first-order valence-electron chi connectivity index (χ1n) is 11.7. The Balaban J connectivity index is 1.25. The summed E-state index contributed by atoms with van der Waals surface area (Å²) in [6.45, 7) is 0.712. The monoisotopic (exact) mass is 513 g/mol. The molecule has 1 aromatic heterocycles. The molecule has 0 fully saturated rings. The summed E-state index contributed by atoms with van der Waals surface area (Å²) in [5, 5.41) is 16.4. The van der Waals surface area contributed by atoms with Gasteiger partial charge < -0.3 is 15.7 Å². The van der Waals surface area contributed by atoms with Crippen molar-refractivity contribution in [2.75, 3.05) is 17.2 Å². The van der Waals surface area contributed by atoms with Crippen LogP contribution < -0.4 is 10.6 Å². The van der Waals surface area contributed by atoms with Gasteiger partial charge in [-0.2, -0.15) is 0 Å². The second-order valence-corrected chi connectivity index (χ2v) is 9.43. The second kappa shape index (κ2) is 10.6. The van der Waals surface area contributed by atoms with E-state index in [1.54, 1.807) is 41.7 Å². The highest BCUT2D eigenvalue weighted by Gasteiger charge is 2.40. The summed E-state index contributed by atoms with van der Waals surface area (Å²) in [6, 6.07) is 22.7. The first-order chi connectivity index (χ1) is 18.0. The minimum Gasteiger partial charge on any atom is -0.481 e. The number of nitrogens with zero attached hydrogens (tertiary/aromatic N) is 3. The van der Waals surface area contributed by atoms with E-state index in [0.717, 1.165) is 32.2 Å². The van der Waals surface area contributed by atoms with Crippen LogP contribution in [0.5, 0.6) is 0 Å². The zero-order chi connectivity index (χ0) is 25.8. The minimum atomic E-state index is -1.17. The Morgan fingerprint density at radius 3 is 2.43 bits per heavy atom. The van der Waals surface area contributed by atoms with Crippen molar-refractivity contribution in [2.45, 2.75) is 18.9 Å². The molecule has 0 spiro atoms. The summed E-state index contributed by atoms with van der Waals surface area (Å²) in [5.41, 5.74) is 2.99. The number of hydrogen-bond acceptors (Lipinski definition) is 8. The molecule has 2 amide bonds. The molecule has 0 radical (unpaired) electrons. The van der Waals surface area contributed by atoms with Crippen LogP contribution >= 0.6 is 11.3 Å². The summed E-state index contributed by atoms with van der Waals surface area (Å²) in [6.07, 6.45) is 0.276. The van der Waals surface area contributed by atoms with Crippen molar-refractivity contribution in [3.8, 4) is 0 Å². The molecule has 0 unspecified atom stereocenters. The van der Waals surface area contributed by atoms with Gasteiger partial charge in [0.2, 0.25) is 5.96 Å². The molecule has 5 rings (SSSR count). The molecule has 2 heterocycles. The number of aliphatic imine (C=N–C) groups is 1. The molecule has 1 aliphatic rings. The van der Waals surface area contributed by atoms with Gasteiger partial charge in [0.1, 0.15) is 6.04 Å². The van der Waals surface area contributed by atoms with Crippen molar-refractivity contribution in [1.29, 1.82) is 0 Å². The third-order valence-electron chi connectivity index (χ3n) is 5.78. The number of rotatable bonds is 8. The van der Waals surface area contributed by atoms with E-state index in [-0.39, 0.29) is 5.96 Å². The molecule has 3 N–H and O–H groups in total. The quantitative estimate of drug-likeness (QED) is 0.301. The molecule has 0 bridgehead atoms. The van der Waals surface area contributed by atoms with Crippen LogP contribution in [0.1, 0.15) is 22.3 Å². The van der Waals surface area contributed by atoms with Crippen molar-refractivity contribution in [2.24, 2.45) is 4.99 Å².